The number of aliphatic carboxylic acids is 1. The fourth-order valence-electron chi connectivity index (χ4n) is 1.94. The van der Waals surface area contributed by atoms with Gasteiger partial charge >= 0.3 is 5.97 Å². The summed E-state index contributed by atoms with van der Waals surface area (Å²) >= 11 is 0. The van der Waals surface area contributed by atoms with E-state index in [1.807, 2.05) is 12.1 Å². The topological polar surface area (TPSA) is 58.6 Å². The van der Waals surface area contributed by atoms with E-state index < -0.39 is 5.97 Å². The number of carboxylic acids is 1. The first-order valence-corrected chi connectivity index (χ1v) is 6.63. The molecule has 0 saturated carbocycles. The molecule has 0 aromatic heterocycles. The van der Waals surface area contributed by atoms with Gasteiger partial charge in [0.05, 0.1) is 7.11 Å². The highest BCUT2D eigenvalue weighted by Crippen LogP contribution is 2.21. The summed E-state index contributed by atoms with van der Waals surface area (Å²) in [5, 5.41) is 11.9. The van der Waals surface area contributed by atoms with Gasteiger partial charge in [0, 0.05) is 12.5 Å². The van der Waals surface area contributed by atoms with Gasteiger partial charge in [-0.05, 0) is 43.5 Å². The minimum atomic E-state index is -0.738. The maximum atomic E-state index is 10.4. The number of nitrogens with one attached hydrogen (secondary N) is 1. The third kappa shape index (κ3) is 5.30. The second-order valence-corrected chi connectivity index (χ2v) is 4.80. The number of carbonyl (C=O) groups is 1. The molecule has 1 rings (SSSR count). The van der Waals surface area contributed by atoms with Crippen LogP contribution in [-0.2, 0) is 4.79 Å². The molecule has 0 aliphatic carbocycles. The maximum Gasteiger partial charge on any atom is 0.303 e. The predicted octanol–water partition coefficient (Wildman–Crippen LogP) is 2.64. The van der Waals surface area contributed by atoms with Crippen LogP contribution in [0.25, 0.3) is 0 Å². The van der Waals surface area contributed by atoms with Gasteiger partial charge in [-0.1, -0.05) is 19.1 Å². The Kier molecular flexibility index (Phi) is 6.36. The molecule has 4 heteroatoms. The number of methoxy groups -OCH3 is 1. The van der Waals surface area contributed by atoms with Gasteiger partial charge in [0.15, 0.2) is 0 Å². The highest BCUT2D eigenvalue weighted by atomic mass is 16.5. The molecule has 0 fully saturated rings. The molecule has 1 aromatic carbocycles. The van der Waals surface area contributed by atoms with E-state index in [-0.39, 0.29) is 6.42 Å². The van der Waals surface area contributed by atoms with Crippen LogP contribution in [0, 0.1) is 0 Å². The Morgan fingerprint density at radius 3 is 2.47 bits per heavy atom. The summed E-state index contributed by atoms with van der Waals surface area (Å²) < 4.78 is 5.14. The molecule has 19 heavy (non-hydrogen) atoms. The van der Waals surface area contributed by atoms with Crippen molar-refractivity contribution < 1.29 is 14.6 Å². The van der Waals surface area contributed by atoms with Crippen molar-refractivity contribution in [2.75, 3.05) is 13.7 Å². The summed E-state index contributed by atoms with van der Waals surface area (Å²) in [4.78, 5) is 10.4. The highest BCUT2D eigenvalue weighted by Gasteiger charge is 2.13. The second-order valence-electron chi connectivity index (χ2n) is 4.80. The summed E-state index contributed by atoms with van der Waals surface area (Å²) in [5.41, 5.74) is 1.25. The summed E-state index contributed by atoms with van der Waals surface area (Å²) in [6.45, 7) is 5.01. The van der Waals surface area contributed by atoms with Crippen molar-refractivity contribution in [3.63, 3.8) is 0 Å². The number of carboxylic acid groups (broad SMARTS) is 1. The Hall–Kier alpha value is -1.55. The van der Waals surface area contributed by atoms with E-state index in [1.165, 1.54) is 5.56 Å². The van der Waals surface area contributed by atoms with E-state index in [2.05, 4.69) is 31.3 Å². The monoisotopic (exact) mass is 265 g/mol. The van der Waals surface area contributed by atoms with Crippen LogP contribution >= 0.6 is 0 Å². The molecule has 0 aliphatic rings. The van der Waals surface area contributed by atoms with Crippen LogP contribution in [0.15, 0.2) is 24.3 Å². The van der Waals surface area contributed by atoms with Crippen LogP contribution in [0.2, 0.25) is 0 Å². The van der Waals surface area contributed by atoms with E-state index in [0.717, 1.165) is 12.3 Å². The minimum Gasteiger partial charge on any atom is -0.497 e. The van der Waals surface area contributed by atoms with Crippen LogP contribution in [0.3, 0.4) is 0 Å². The Morgan fingerprint density at radius 1 is 1.32 bits per heavy atom. The molecular weight excluding hydrogens is 242 g/mol. The fraction of sp³-hybridized carbons (Fsp3) is 0.533. The lowest BCUT2D eigenvalue weighted by Gasteiger charge is -2.22. The minimum absolute atomic E-state index is 0.219. The number of hydrogen-bond acceptors (Lipinski definition) is 3. The highest BCUT2D eigenvalue weighted by molar-refractivity contribution is 5.66. The fourth-order valence-corrected chi connectivity index (χ4v) is 1.94. The van der Waals surface area contributed by atoms with Crippen molar-refractivity contribution in [1.82, 2.24) is 5.32 Å². The molecule has 0 aliphatic heterocycles. The molecule has 4 nitrogen and oxygen atoms in total. The normalized spacial score (nSPS) is 13.8. The van der Waals surface area contributed by atoms with Gasteiger partial charge in [0.1, 0.15) is 5.75 Å². The first-order chi connectivity index (χ1) is 9.04. The summed E-state index contributed by atoms with van der Waals surface area (Å²) in [6, 6.07) is 8.37. The largest absolute Gasteiger partial charge is 0.497 e. The Bertz CT molecular complexity index is 389. The molecule has 0 saturated heterocycles. The van der Waals surface area contributed by atoms with Crippen molar-refractivity contribution >= 4 is 5.97 Å². The molecule has 0 amide bonds. The van der Waals surface area contributed by atoms with E-state index in [4.69, 9.17) is 9.84 Å². The SMILES string of the molecule is COc1ccc(C(C)C(C)NCCCC(=O)O)cc1. The molecule has 2 unspecified atom stereocenters. The molecular formula is C15H23NO3. The van der Waals surface area contributed by atoms with Crippen molar-refractivity contribution in [2.45, 2.75) is 38.6 Å². The Morgan fingerprint density at radius 2 is 1.95 bits per heavy atom. The van der Waals surface area contributed by atoms with E-state index in [9.17, 15) is 4.79 Å². The average molecular weight is 265 g/mol. The zero-order valence-corrected chi connectivity index (χ0v) is 11.8. The number of benzene rings is 1. The lowest BCUT2D eigenvalue weighted by molar-refractivity contribution is -0.137. The first-order valence-electron chi connectivity index (χ1n) is 6.63. The van der Waals surface area contributed by atoms with Crippen molar-refractivity contribution in [3.8, 4) is 5.75 Å². The molecule has 2 atom stereocenters. The molecule has 2 N–H and O–H groups in total. The van der Waals surface area contributed by atoms with Crippen molar-refractivity contribution in [2.24, 2.45) is 0 Å². The zero-order valence-electron chi connectivity index (χ0n) is 11.8. The van der Waals surface area contributed by atoms with Crippen LogP contribution in [0.5, 0.6) is 5.75 Å². The maximum absolute atomic E-state index is 10.4. The summed E-state index contributed by atoms with van der Waals surface area (Å²) in [7, 11) is 1.66. The standard InChI is InChI=1S/C15H23NO3/c1-11(12(2)16-10-4-5-15(17)18)13-6-8-14(19-3)9-7-13/h6-9,11-12,16H,4-5,10H2,1-3H3,(H,17,18). The van der Waals surface area contributed by atoms with Gasteiger partial charge in [-0.15, -0.1) is 0 Å². The summed E-state index contributed by atoms with van der Waals surface area (Å²) in [5.74, 6) is 0.492. The molecule has 1 aromatic rings. The molecule has 0 radical (unpaired) electrons. The van der Waals surface area contributed by atoms with Crippen LogP contribution in [-0.4, -0.2) is 30.8 Å². The lowest BCUT2D eigenvalue weighted by Crippen LogP contribution is -2.31. The molecule has 0 bridgehead atoms. The van der Waals surface area contributed by atoms with Gasteiger partial charge in [-0.2, -0.15) is 0 Å². The lowest BCUT2D eigenvalue weighted by atomic mass is 9.94. The average Bonchev–Trinajstić information content (AvgIpc) is 2.42. The molecule has 106 valence electrons. The van der Waals surface area contributed by atoms with Crippen LogP contribution in [0.4, 0.5) is 0 Å². The Balaban J connectivity index is 2.42. The zero-order chi connectivity index (χ0) is 14.3. The van der Waals surface area contributed by atoms with E-state index in [1.54, 1.807) is 7.11 Å². The van der Waals surface area contributed by atoms with Crippen molar-refractivity contribution in [3.05, 3.63) is 29.8 Å². The van der Waals surface area contributed by atoms with Gasteiger partial charge in [-0.3, -0.25) is 4.79 Å². The number of ether oxygens (including phenoxy) is 1. The van der Waals surface area contributed by atoms with Crippen LogP contribution < -0.4 is 10.1 Å². The Labute approximate surface area is 114 Å². The quantitative estimate of drug-likeness (QED) is 0.709. The van der Waals surface area contributed by atoms with Gasteiger partial charge < -0.3 is 15.2 Å². The van der Waals surface area contributed by atoms with Gasteiger partial charge in [0.2, 0.25) is 0 Å². The second kappa shape index (κ2) is 7.79. The van der Waals surface area contributed by atoms with Crippen LogP contribution in [0.1, 0.15) is 38.2 Å². The predicted molar refractivity (Wildman–Crippen MR) is 75.7 cm³/mol. The van der Waals surface area contributed by atoms with Crippen molar-refractivity contribution in [1.29, 1.82) is 0 Å². The molecule has 0 heterocycles. The van der Waals surface area contributed by atoms with Gasteiger partial charge in [0.25, 0.3) is 0 Å². The number of rotatable bonds is 8. The first kappa shape index (κ1) is 15.5. The number of hydrogen-bond donors (Lipinski definition) is 2. The van der Waals surface area contributed by atoms with E-state index >= 15 is 0 Å². The summed E-state index contributed by atoms with van der Waals surface area (Å²) in [6.07, 6.45) is 0.881. The van der Waals surface area contributed by atoms with Gasteiger partial charge in [-0.25, -0.2) is 0 Å². The smallest absolute Gasteiger partial charge is 0.303 e. The van der Waals surface area contributed by atoms with E-state index in [0.29, 0.717) is 18.4 Å². The molecule has 0 spiro atoms. The third-order valence-corrected chi connectivity index (χ3v) is 3.43. The third-order valence-electron chi connectivity index (χ3n) is 3.43.